The Bertz CT molecular complexity index is 422. The molecule has 0 saturated heterocycles. The van der Waals surface area contributed by atoms with Gasteiger partial charge >= 0.3 is 0 Å². The van der Waals surface area contributed by atoms with E-state index in [2.05, 4.69) is 24.1 Å². The van der Waals surface area contributed by atoms with Crippen LogP contribution in [0.1, 0.15) is 20.3 Å². The van der Waals surface area contributed by atoms with Crippen molar-refractivity contribution in [1.29, 1.82) is 0 Å². The molecule has 0 heterocycles. The monoisotopic (exact) mass is 269 g/mol. The number of nitro benzene ring substituents is 1. The number of rotatable bonds is 8. The van der Waals surface area contributed by atoms with E-state index in [1.54, 1.807) is 0 Å². The molecule has 0 aromatic heterocycles. The van der Waals surface area contributed by atoms with Gasteiger partial charge in [0.2, 0.25) is 0 Å². The molecule has 1 aromatic rings. The maximum atomic E-state index is 13.1. The fourth-order valence-electron chi connectivity index (χ4n) is 1.87. The van der Waals surface area contributed by atoms with E-state index in [9.17, 15) is 14.5 Å². The first-order chi connectivity index (χ1) is 9.08. The summed E-state index contributed by atoms with van der Waals surface area (Å²) in [7, 11) is 0. The van der Waals surface area contributed by atoms with Gasteiger partial charge in [-0.15, -0.1) is 0 Å². The highest BCUT2D eigenvalue weighted by Gasteiger charge is 2.13. The van der Waals surface area contributed by atoms with Gasteiger partial charge in [-0.2, -0.15) is 0 Å². The third-order valence-corrected chi connectivity index (χ3v) is 3.02. The summed E-state index contributed by atoms with van der Waals surface area (Å²) in [5.41, 5.74) is 0.147. The molecular formula is C13H20FN3O2. The molecule has 0 saturated carbocycles. The summed E-state index contributed by atoms with van der Waals surface area (Å²) < 4.78 is 13.1. The van der Waals surface area contributed by atoms with Gasteiger partial charge in [0, 0.05) is 18.7 Å². The van der Waals surface area contributed by atoms with Crippen LogP contribution in [0.15, 0.2) is 18.2 Å². The first-order valence-electron chi connectivity index (χ1n) is 6.48. The zero-order valence-electron chi connectivity index (χ0n) is 11.4. The maximum Gasteiger partial charge on any atom is 0.292 e. The molecule has 1 N–H and O–H groups in total. The van der Waals surface area contributed by atoms with Crippen LogP contribution in [0.3, 0.4) is 0 Å². The van der Waals surface area contributed by atoms with Gasteiger partial charge in [0.1, 0.15) is 11.5 Å². The Balaban J connectivity index is 2.53. The fraction of sp³-hybridized carbons (Fsp3) is 0.538. The predicted octanol–water partition coefficient (Wildman–Crippen LogP) is 2.88. The third-order valence-electron chi connectivity index (χ3n) is 3.02. The highest BCUT2D eigenvalue weighted by Crippen LogP contribution is 2.24. The molecule has 0 aliphatic carbocycles. The Labute approximate surface area is 112 Å². The smallest absolute Gasteiger partial charge is 0.292 e. The molecule has 19 heavy (non-hydrogen) atoms. The van der Waals surface area contributed by atoms with Crippen molar-refractivity contribution in [2.24, 2.45) is 0 Å². The number of hydrogen-bond acceptors (Lipinski definition) is 4. The molecule has 1 aromatic carbocycles. The van der Waals surface area contributed by atoms with Crippen molar-refractivity contribution in [3.63, 3.8) is 0 Å². The molecule has 0 fully saturated rings. The van der Waals surface area contributed by atoms with Gasteiger partial charge in [-0.1, -0.05) is 13.8 Å². The van der Waals surface area contributed by atoms with Crippen molar-refractivity contribution in [2.45, 2.75) is 20.3 Å². The van der Waals surface area contributed by atoms with Crippen LogP contribution < -0.4 is 5.32 Å². The summed E-state index contributed by atoms with van der Waals surface area (Å²) in [6.45, 7) is 7.65. The molecule has 0 aliphatic heterocycles. The average molecular weight is 269 g/mol. The largest absolute Gasteiger partial charge is 0.379 e. The Morgan fingerprint density at radius 1 is 1.37 bits per heavy atom. The number of nitrogens with zero attached hydrogens (tertiary/aromatic N) is 2. The molecule has 0 spiro atoms. The Morgan fingerprint density at radius 2 is 2.05 bits per heavy atom. The van der Waals surface area contributed by atoms with Crippen molar-refractivity contribution in [3.8, 4) is 0 Å². The lowest BCUT2D eigenvalue weighted by Gasteiger charge is -2.17. The number of benzene rings is 1. The number of hydrogen-bond donors (Lipinski definition) is 1. The van der Waals surface area contributed by atoms with E-state index in [4.69, 9.17) is 0 Å². The lowest BCUT2D eigenvalue weighted by molar-refractivity contribution is -0.384. The summed E-state index contributed by atoms with van der Waals surface area (Å²) >= 11 is 0. The first-order valence-corrected chi connectivity index (χ1v) is 6.48. The quantitative estimate of drug-likeness (QED) is 0.448. The average Bonchev–Trinajstić information content (AvgIpc) is 2.38. The highest BCUT2D eigenvalue weighted by molar-refractivity contribution is 5.61. The summed E-state index contributed by atoms with van der Waals surface area (Å²) in [5.74, 6) is -0.475. The van der Waals surface area contributed by atoms with Gasteiger partial charge in [0.25, 0.3) is 5.69 Å². The van der Waals surface area contributed by atoms with Gasteiger partial charge in [-0.05, 0) is 32.1 Å². The number of anilines is 1. The Hall–Kier alpha value is -1.69. The molecule has 0 radical (unpaired) electrons. The second-order valence-corrected chi connectivity index (χ2v) is 4.23. The Morgan fingerprint density at radius 3 is 2.63 bits per heavy atom. The van der Waals surface area contributed by atoms with Gasteiger partial charge in [0.05, 0.1) is 4.92 Å². The van der Waals surface area contributed by atoms with Crippen LogP contribution in [0.25, 0.3) is 0 Å². The molecule has 0 unspecified atom stereocenters. The third kappa shape index (κ3) is 4.82. The van der Waals surface area contributed by atoms with Crippen LogP contribution in [0.5, 0.6) is 0 Å². The van der Waals surface area contributed by atoms with Crippen molar-refractivity contribution in [1.82, 2.24) is 4.90 Å². The molecule has 6 heteroatoms. The van der Waals surface area contributed by atoms with Crippen molar-refractivity contribution in [2.75, 3.05) is 31.5 Å². The van der Waals surface area contributed by atoms with Crippen LogP contribution >= 0.6 is 0 Å². The standard InChI is InChI=1S/C13H20FN3O2/c1-3-16(4-2)9-5-8-15-12-10-11(14)6-7-13(12)17(18)19/h6-7,10,15H,3-5,8-9H2,1-2H3. The van der Waals surface area contributed by atoms with Crippen LogP contribution in [-0.4, -0.2) is 36.0 Å². The lowest BCUT2D eigenvalue weighted by atomic mass is 10.2. The Kier molecular flexibility index (Phi) is 6.21. The minimum absolute atomic E-state index is 0.0933. The van der Waals surface area contributed by atoms with Gasteiger partial charge < -0.3 is 10.2 Å². The summed E-state index contributed by atoms with van der Waals surface area (Å²) in [6, 6.07) is 3.44. The van der Waals surface area contributed by atoms with Crippen LogP contribution in [0.4, 0.5) is 15.8 Å². The SMILES string of the molecule is CCN(CC)CCCNc1cc(F)ccc1[N+](=O)[O-]. The van der Waals surface area contributed by atoms with E-state index in [0.717, 1.165) is 38.2 Å². The number of halogens is 1. The second kappa shape index (κ2) is 7.68. The number of nitrogens with one attached hydrogen (secondary N) is 1. The second-order valence-electron chi connectivity index (χ2n) is 4.23. The van der Waals surface area contributed by atoms with Crippen LogP contribution in [0.2, 0.25) is 0 Å². The molecule has 0 bridgehead atoms. The summed E-state index contributed by atoms with van der Waals surface area (Å²) in [6.07, 6.45) is 0.856. The van der Waals surface area contributed by atoms with E-state index in [-0.39, 0.29) is 11.4 Å². The minimum atomic E-state index is -0.508. The lowest BCUT2D eigenvalue weighted by Crippen LogP contribution is -2.25. The van der Waals surface area contributed by atoms with Crippen LogP contribution in [0, 0.1) is 15.9 Å². The molecule has 106 valence electrons. The predicted molar refractivity (Wildman–Crippen MR) is 73.9 cm³/mol. The van der Waals surface area contributed by atoms with E-state index in [1.807, 2.05) is 0 Å². The highest BCUT2D eigenvalue weighted by atomic mass is 19.1. The van der Waals surface area contributed by atoms with Gasteiger partial charge in [-0.3, -0.25) is 10.1 Å². The summed E-state index contributed by atoms with van der Waals surface area (Å²) in [4.78, 5) is 12.6. The summed E-state index contributed by atoms with van der Waals surface area (Å²) in [5, 5.41) is 13.7. The first kappa shape index (κ1) is 15.4. The maximum absolute atomic E-state index is 13.1. The van der Waals surface area contributed by atoms with E-state index >= 15 is 0 Å². The van der Waals surface area contributed by atoms with Gasteiger partial charge in [0.15, 0.2) is 0 Å². The fourth-order valence-corrected chi connectivity index (χ4v) is 1.87. The van der Waals surface area contributed by atoms with Gasteiger partial charge in [-0.25, -0.2) is 4.39 Å². The van der Waals surface area contributed by atoms with Crippen molar-refractivity contribution >= 4 is 11.4 Å². The molecule has 0 atom stereocenters. The zero-order valence-corrected chi connectivity index (χ0v) is 11.4. The van der Waals surface area contributed by atoms with E-state index in [0.29, 0.717) is 6.54 Å². The van der Waals surface area contributed by atoms with Crippen molar-refractivity contribution in [3.05, 3.63) is 34.1 Å². The minimum Gasteiger partial charge on any atom is -0.379 e. The van der Waals surface area contributed by atoms with Crippen molar-refractivity contribution < 1.29 is 9.31 Å². The van der Waals surface area contributed by atoms with E-state index < -0.39 is 10.7 Å². The topological polar surface area (TPSA) is 58.4 Å². The number of nitro groups is 1. The molecule has 0 aliphatic rings. The molecular weight excluding hydrogens is 249 g/mol. The molecule has 5 nitrogen and oxygen atoms in total. The zero-order chi connectivity index (χ0) is 14.3. The van der Waals surface area contributed by atoms with E-state index in [1.165, 1.54) is 6.07 Å². The molecule has 0 amide bonds. The van der Waals surface area contributed by atoms with Crippen LogP contribution in [-0.2, 0) is 0 Å². The normalized spacial score (nSPS) is 10.7. The molecule has 1 rings (SSSR count).